The van der Waals surface area contributed by atoms with Crippen molar-refractivity contribution >= 4 is 46.6 Å². The molecular weight excluding hydrogens is 264 g/mol. The van der Waals surface area contributed by atoms with E-state index in [1.165, 1.54) is 6.07 Å². The summed E-state index contributed by atoms with van der Waals surface area (Å²) in [4.78, 5) is 25.2. The van der Waals surface area contributed by atoms with Crippen molar-refractivity contribution < 1.29 is 14.7 Å². The first-order valence-corrected chi connectivity index (χ1v) is 4.81. The molecule has 4 nitrogen and oxygen atoms in total. The Morgan fingerprint density at radius 3 is 2.40 bits per heavy atom. The molecule has 15 heavy (non-hydrogen) atoms. The first kappa shape index (κ1) is 12.2. The van der Waals surface area contributed by atoms with E-state index in [2.05, 4.69) is 4.98 Å². The molecule has 0 bridgehead atoms. The van der Waals surface area contributed by atoms with Crippen LogP contribution in [0.4, 0.5) is 0 Å². The Kier molecular flexibility index (Phi) is 3.90. The molecule has 0 spiro atoms. The van der Waals surface area contributed by atoms with Gasteiger partial charge in [-0.1, -0.05) is 34.8 Å². The maximum absolute atomic E-state index is 11.3. The lowest BCUT2D eigenvalue weighted by molar-refractivity contribution is -0.135. The number of ketones is 1. The van der Waals surface area contributed by atoms with Gasteiger partial charge in [-0.25, -0.2) is 4.98 Å². The molecular formula is C8H4Cl3NO3. The van der Waals surface area contributed by atoms with E-state index in [1.54, 1.807) is 0 Å². The molecule has 0 saturated heterocycles. The van der Waals surface area contributed by atoms with Gasteiger partial charge in [-0.2, -0.15) is 0 Å². The second-order valence-corrected chi connectivity index (χ2v) is 3.72. The van der Waals surface area contributed by atoms with Gasteiger partial charge in [0.25, 0.3) is 0 Å². The molecule has 1 aromatic heterocycles. The van der Waals surface area contributed by atoms with Crippen molar-refractivity contribution in [1.82, 2.24) is 4.98 Å². The van der Waals surface area contributed by atoms with Crippen LogP contribution in [0.5, 0.6) is 0 Å². The van der Waals surface area contributed by atoms with Gasteiger partial charge >= 0.3 is 5.97 Å². The number of aliphatic carboxylic acids is 1. The van der Waals surface area contributed by atoms with Crippen molar-refractivity contribution in [2.24, 2.45) is 0 Å². The minimum absolute atomic E-state index is 0.0338. The van der Waals surface area contributed by atoms with Crippen LogP contribution in [-0.4, -0.2) is 21.8 Å². The first-order valence-electron chi connectivity index (χ1n) is 3.68. The molecule has 0 atom stereocenters. The summed E-state index contributed by atoms with van der Waals surface area (Å²) in [5, 5.41) is 8.28. The van der Waals surface area contributed by atoms with Crippen molar-refractivity contribution in [1.29, 1.82) is 0 Å². The Labute approximate surface area is 99.8 Å². The molecule has 1 aromatic rings. The van der Waals surface area contributed by atoms with Crippen LogP contribution >= 0.6 is 34.8 Å². The maximum atomic E-state index is 11.3. The van der Waals surface area contributed by atoms with Gasteiger partial charge in [0.2, 0.25) is 0 Å². The van der Waals surface area contributed by atoms with Crippen LogP contribution in [0.15, 0.2) is 6.07 Å². The van der Waals surface area contributed by atoms with Gasteiger partial charge in [0.1, 0.15) is 16.7 Å². The number of hydrogen-bond donors (Lipinski definition) is 1. The van der Waals surface area contributed by atoms with E-state index in [1.807, 2.05) is 0 Å². The molecule has 0 aliphatic heterocycles. The molecule has 80 valence electrons. The fourth-order valence-corrected chi connectivity index (χ4v) is 1.45. The number of hydrogen-bond acceptors (Lipinski definition) is 3. The summed E-state index contributed by atoms with van der Waals surface area (Å²) in [6.45, 7) is 0. The fourth-order valence-electron chi connectivity index (χ4n) is 0.874. The lowest BCUT2D eigenvalue weighted by Gasteiger charge is -2.02. The molecule has 0 aliphatic rings. The van der Waals surface area contributed by atoms with Gasteiger partial charge in [-0.3, -0.25) is 9.59 Å². The third-order valence-electron chi connectivity index (χ3n) is 1.50. The highest BCUT2D eigenvalue weighted by Gasteiger charge is 2.17. The predicted octanol–water partition coefficient (Wildman–Crippen LogP) is 2.70. The molecule has 1 heterocycles. The number of aromatic nitrogens is 1. The Hall–Kier alpha value is -0.840. The first-order chi connectivity index (χ1) is 6.91. The van der Waals surface area contributed by atoms with Crippen LogP contribution in [-0.2, 0) is 4.79 Å². The second kappa shape index (κ2) is 4.79. The van der Waals surface area contributed by atoms with E-state index in [4.69, 9.17) is 39.9 Å². The zero-order chi connectivity index (χ0) is 11.6. The van der Waals surface area contributed by atoms with Crippen LogP contribution in [0.1, 0.15) is 16.8 Å². The van der Waals surface area contributed by atoms with E-state index in [0.29, 0.717) is 0 Å². The molecule has 0 unspecified atom stereocenters. The third-order valence-corrected chi connectivity index (χ3v) is 2.46. The zero-order valence-electron chi connectivity index (χ0n) is 7.13. The van der Waals surface area contributed by atoms with Crippen LogP contribution in [0, 0.1) is 0 Å². The fraction of sp³-hybridized carbons (Fsp3) is 0.125. The largest absolute Gasteiger partial charge is 0.481 e. The van der Waals surface area contributed by atoms with E-state index >= 15 is 0 Å². The van der Waals surface area contributed by atoms with Crippen molar-refractivity contribution in [3.63, 3.8) is 0 Å². The summed E-state index contributed by atoms with van der Waals surface area (Å²) in [7, 11) is 0. The number of carbonyl (C=O) groups is 2. The van der Waals surface area contributed by atoms with Crippen molar-refractivity contribution in [3.8, 4) is 0 Å². The van der Waals surface area contributed by atoms with Gasteiger partial charge in [0.15, 0.2) is 5.78 Å². The van der Waals surface area contributed by atoms with E-state index < -0.39 is 18.2 Å². The number of Topliss-reactive ketones (excluding diaryl/α,β-unsaturated/α-hetero) is 1. The highest BCUT2D eigenvalue weighted by Crippen LogP contribution is 2.26. The summed E-state index contributed by atoms with van der Waals surface area (Å²) in [5.74, 6) is -1.92. The number of carboxylic acid groups (broad SMARTS) is 1. The molecule has 0 aromatic carbocycles. The number of halogens is 3. The van der Waals surface area contributed by atoms with Gasteiger partial charge in [-0.05, 0) is 6.07 Å². The van der Waals surface area contributed by atoms with Gasteiger partial charge in [0, 0.05) is 0 Å². The second-order valence-electron chi connectivity index (χ2n) is 2.59. The Bertz CT molecular complexity index is 433. The molecule has 1 rings (SSSR count). The number of pyridine rings is 1. The monoisotopic (exact) mass is 267 g/mol. The predicted molar refractivity (Wildman–Crippen MR) is 55.9 cm³/mol. The quantitative estimate of drug-likeness (QED) is 0.520. The number of carbonyl (C=O) groups excluding carboxylic acids is 1. The number of nitrogens with zero attached hydrogens (tertiary/aromatic N) is 1. The third kappa shape index (κ3) is 3.06. The minimum Gasteiger partial charge on any atom is -0.481 e. The van der Waals surface area contributed by atoms with Crippen LogP contribution in [0.3, 0.4) is 0 Å². The van der Waals surface area contributed by atoms with E-state index in [9.17, 15) is 9.59 Å². The summed E-state index contributed by atoms with van der Waals surface area (Å²) >= 11 is 16.8. The van der Waals surface area contributed by atoms with Crippen molar-refractivity contribution in [2.75, 3.05) is 0 Å². The Balaban J connectivity index is 3.09. The maximum Gasteiger partial charge on any atom is 0.311 e. The SMILES string of the molecule is O=C(O)CC(=O)c1cc(Cl)c(Cl)nc1Cl. The Morgan fingerprint density at radius 1 is 1.27 bits per heavy atom. The molecule has 0 fully saturated rings. The standard InChI is InChI=1S/C8H4Cl3NO3/c9-4-1-3(5(13)2-6(14)15)7(10)12-8(4)11/h1H,2H2,(H,14,15). The van der Waals surface area contributed by atoms with E-state index in [-0.39, 0.29) is 20.9 Å². The van der Waals surface area contributed by atoms with Gasteiger partial charge in [0.05, 0.1) is 10.6 Å². The average molecular weight is 268 g/mol. The highest BCUT2D eigenvalue weighted by atomic mass is 35.5. The lowest BCUT2D eigenvalue weighted by atomic mass is 10.1. The van der Waals surface area contributed by atoms with Gasteiger partial charge < -0.3 is 5.11 Å². The summed E-state index contributed by atoms with van der Waals surface area (Å²) < 4.78 is 0. The zero-order valence-corrected chi connectivity index (χ0v) is 9.40. The van der Waals surface area contributed by atoms with Crippen LogP contribution < -0.4 is 0 Å². The molecule has 0 amide bonds. The number of rotatable bonds is 3. The molecule has 0 radical (unpaired) electrons. The lowest BCUT2D eigenvalue weighted by Crippen LogP contribution is -2.08. The van der Waals surface area contributed by atoms with Crippen LogP contribution in [0.25, 0.3) is 0 Å². The molecule has 7 heteroatoms. The summed E-state index contributed by atoms with van der Waals surface area (Å²) in [5.41, 5.74) is -0.0477. The topological polar surface area (TPSA) is 67.3 Å². The normalized spacial score (nSPS) is 10.1. The Morgan fingerprint density at radius 2 is 1.87 bits per heavy atom. The minimum atomic E-state index is -1.25. The highest BCUT2D eigenvalue weighted by molar-refractivity contribution is 6.42. The number of carboxylic acids is 1. The van der Waals surface area contributed by atoms with Gasteiger partial charge in [-0.15, -0.1) is 0 Å². The van der Waals surface area contributed by atoms with Crippen molar-refractivity contribution in [3.05, 3.63) is 27.0 Å². The van der Waals surface area contributed by atoms with E-state index in [0.717, 1.165) is 0 Å². The molecule has 0 saturated carbocycles. The molecule has 1 N–H and O–H groups in total. The smallest absolute Gasteiger partial charge is 0.311 e. The summed E-state index contributed by atoms with van der Waals surface area (Å²) in [6, 6.07) is 1.20. The molecule has 0 aliphatic carbocycles. The summed E-state index contributed by atoms with van der Waals surface area (Å²) in [6.07, 6.45) is -0.667. The van der Waals surface area contributed by atoms with Crippen molar-refractivity contribution in [2.45, 2.75) is 6.42 Å². The average Bonchev–Trinajstić information content (AvgIpc) is 2.09. The van der Waals surface area contributed by atoms with Crippen LogP contribution in [0.2, 0.25) is 15.3 Å².